The fourth-order valence-corrected chi connectivity index (χ4v) is 5.46. The first-order valence-corrected chi connectivity index (χ1v) is 13.3. The van der Waals surface area contributed by atoms with Gasteiger partial charge in [0.15, 0.2) is 5.88 Å². The molecular formula is C29H31FN6O3. The molecule has 2 fully saturated rings. The van der Waals surface area contributed by atoms with Crippen LogP contribution in [0.15, 0.2) is 61.1 Å². The molecule has 2 aromatic carbocycles. The number of piperidine rings is 1. The highest BCUT2D eigenvalue weighted by Gasteiger charge is 2.25. The van der Waals surface area contributed by atoms with Gasteiger partial charge in [0.1, 0.15) is 12.4 Å². The van der Waals surface area contributed by atoms with Gasteiger partial charge in [-0.25, -0.2) is 14.4 Å². The number of anilines is 2. The Labute approximate surface area is 225 Å². The van der Waals surface area contributed by atoms with Gasteiger partial charge in [-0.05, 0) is 37.1 Å². The molecular weight excluding hydrogens is 499 g/mol. The smallest absolute Gasteiger partial charge is 0.242 e. The number of amides is 1. The quantitative estimate of drug-likeness (QED) is 0.409. The normalized spacial score (nSPS) is 16.7. The topological polar surface area (TPSA) is 98.0 Å². The molecule has 39 heavy (non-hydrogen) atoms. The summed E-state index contributed by atoms with van der Waals surface area (Å²) in [5.41, 5.74) is 2.30. The summed E-state index contributed by atoms with van der Waals surface area (Å²) in [6, 6.07) is 12.2. The molecule has 0 unspecified atom stereocenters. The van der Waals surface area contributed by atoms with Gasteiger partial charge in [0, 0.05) is 85.4 Å². The summed E-state index contributed by atoms with van der Waals surface area (Å²) in [4.78, 5) is 28.1. The molecule has 2 aliphatic heterocycles. The largest absolute Gasteiger partial charge is 0.494 e. The Hall–Kier alpha value is -4.18. The molecule has 9 nitrogen and oxygen atoms in total. The van der Waals surface area contributed by atoms with Crippen molar-refractivity contribution in [2.45, 2.75) is 25.5 Å². The lowest BCUT2D eigenvalue weighted by atomic mass is 10.0. The maximum absolute atomic E-state index is 14.3. The number of aromatic hydroxyl groups is 1. The maximum atomic E-state index is 14.3. The standard InChI is InChI=1S/C29H31FN6O3/c30-22-5-6-26(25(15-22)21-16-31-29(32-17-21)35-9-7-23(37)8-10-35)33-11-13-34(14-12-33)27(38)19-36-18-20-3-1-2-4-24(20)28(36)39/h1-6,15-18,23,37,39H,7-14,19H2. The Bertz CT molecular complexity index is 1470. The molecule has 0 bridgehead atoms. The summed E-state index contributed by atoms with van der Waals surface area (Å²) >= 11 is 0. The number of benzene rings is 2. The number of halogens is 1. The van der Waals surface area contributed by atoms with Crippen LogP contribution in [-0.4, -0.2) is 80.9 Å². The monoisotopic (exact) mass is 530 g/mol. The molecule has 0 saturated carbocycles. The molecule has 6 rings (SSSR count). The highest BCUT2D eigenvalue weighted by atomic mass is 19.1. The minimum atomic E-state index is -0.337. The lowest BCUT2D eigenvalue weighted by molar-refractivity contribution is -0.132. The molecule has 2 aliphatic rings. The second kappa shape index (κ2) is 10.5. The van der Waals surface area contributed by atoms with E-state index in [-0.39, 0.29) is 30.3 Å². The van der Waals surface area contributed by atoms with Crippen LogP contribution in [0.2, 0.25) is 0 Å². The summed E-state index contributed by atoms with van der Waals surface area (Å²) in [6.07, 6.45) is 6.35. The number of piperazine rings is 1. The van der Waals surface area contributed by atoms with Crippen LogP contribution < -0.4 is 9.80 Å². The maximum Gasteiger partial charge on any atom is 0.242 e. The van der Waals surface area contributed by atoms with E-state index in [9.17, 15) is 19.4 Å². The average molecular weight is 531 g/mol. The summed E-state index contributed by atoms with van der Waals surface area (Å²) in [6.45, 7) is 3.71. The zero-order valence-corrected chi connectivity index (χ0v) is 21.6. The van der Waals surface area contributed by atoms with E-state index in [1.54, 1.807) is 34.1 Å². The van der Waals surface area contributed by atoms with Crippen LogP contribution in [0.4, 0.5) is 16.0 Å². The van der Waals surface area contributed by atoms with E-state index in [4.69, 9.17) is 0 Å². The van der Waals surface area contributed by atoms with Gasteiger partial charge >= 0.3 is 0 Å². The lowest BCUT2D eigenvalue weighted by Gasteiger charge is -2.37. The predicted octanol–water partition coefficient (Wildman–Crippen LogP) is 3.25. The second-order valence-corrected chi connectivity index (χ2v) is 10.2. The summed E-state index contributed by atoms with van der Waals surface area (Å²) in [5, 5.41) is 21.9. The highest BCUT2D eigenvalue weighted by molar-refractivity contribution is 5.89. The first-order chi connectivity index (χ1) is 19.0. The minimum Gasteiger partial charge on any atom is -0.494 e. The van der Waals surface area contributed by atoms with Crippen LogP contribution in [0.3, 0.4) is 0 Å². The lowest BCUT2D eigenvalue weighted by Crippen LogP contribution is -2.49. The van der Waals surface area contributed by atoms with Crippen LogP contribution >= 0.6 is 0 Å². The molecule has 0 atom stereocenters. The molecule has 0 aliphatic carbocycles. The number of hydrogen-bond donors (Lipinski definition) is 2. The van der Waals surface area contributed by atoms with Gasteiger partial charge in [0.05, 0.1) is 6.10 Å². The number of aromatic nitrogens is 3. The first kappa shape index (κ1) is 25.1. The number of nitrogens with zero attached hydrogens (tertiary/aromatic N) is 6. The first-order valence-electron chi connectivity index (χ1n) is 13.3. The molecule has 2 aromatic heterocycles. The van der Waals surface area contributed by atoms with Crippen molar-refractivity contribution in [2.24, 2.45) is 0 Å². The zero-order chi connectivity index (χ0) is 26.9. The van der Waals surface area contributed by atoms with E-state index in [1.165, 1.54) is 12.1 Å². The fourth-order valence-electron chi connectivity index (χ4n) is 5.46. The van der Waals surface area contributed by atoms with Gasteiger partial charge in [-0.3, -0.25) is 4.79 Å². The summed E-state index contributed by atoms with van der Waals surface area (Å²) < 4.78 is 15.9. The Kier molecular flexibility index (Phi) is 6.78. The van der Waals surface area contributed by atoms with Gasteiger partial charge in [-0.2, -0.15) is 0 Å². The van der Waals surface area contributed by atoms with Crippen LogP contribution in [0.1, 0.15) is 12.8 Å². The van der Waals surface area contributed by atoms with Crippen molar-refractivity contribution in [3.8, 4) is 17.0 Å². The number of rotatable bonds is 5. The van der Waals surface area contributed by atoms with E-state index in [0.717, 1.165) is 22.0 Å². The van der Waals surface area contributed by atoms with Crippen molar-refractivity contribution < 1.29 is 19.4 Å². The second-order valence-electron chi connectivity index (χ2n) is 10.2. The molecule has 2 saturated heterocycles. The summed E-state index contributed by atoms with van der Waals surface area (Å²) in [5.74, 6) is 0.311. The average Bonchev–Trinajstić information content (AvgIpc) is 3.28. The van der Waals surface area contributed by atoms with Gasteiger partial charge in [-0.15, -0.1) is 0 Å². The van der Waals surface area contributed by atoms with E-state index in [2.05, 4.69) is 19.8 Å². The Morgan fingerprint density at radius 2 is 1.67 bits per heavy atom. The van der Waals surface area contributed by atoms with Gasteiger partial charge < -0.3 is 29.5 Å². The third-order valence-corrected chi connectivity index (χ3v) is 7.70. The number of aliphatic hydroxyl groups excluding tert-OH is 1. The highest BCUT2D eigenvalue weighted by Crippen LogP contribution is 2.33. The van der Waals surface area contributed by atoms with Crippen molar-refractivity contribution >= 4 is 28.3 Å². The Morgan fingerprint density at radius 3 is 2.38 bits per heavy atom. The molecule has 4 aromatic rings. The van der Waals surface area contributed by atoms with E-state index >= 15 is 0 Å². The van der Waals surface area contributed by atoms with Crippen molar-refractivity contribution in [2.75, 3.05) is 49.1 Å². The van der Waals surface area contributed by atoms with Crippen molar-refractivity contribution in [3.05, 3.63) is 66.9 Å². The van der Waals surface area contributed by atoms with E-state index in [0.29, 0.717) is 63.6 Å². The number of fused-ring (bicyclic) bond motifs is 1. The molecule has 202 valence electrons. The van der Waals surface area contributed by atoms with Crippen molar-refractivity contribution in [3.63, 3.8) is 0 Å². The van der Waals surface area contributed by atoms with E-state index < -0.39 is 0 Å². The molecule has 4 heterocycles. The Balaban J connectivity index is 1.14. The number of carbonyl (C=O) groups excluding carboxylic acids is 1. The minimum absolute atomic E-state index is 0.0567. The Morgan fingerprint density at radius 1 is 0.949 bits per heavy atom. The van der Waals surface area contributed by atoms with Crippen LogP contribution in [-0.2, 0) is 11.3 Å². The van der Waals surface area contributed by atoms with Gasteiger partial charge in [-0.1, -0.05) is 18.2 Å². The summed E-state index contributed by atoms with van der Waals surface area (Å²) in [7, 11) is 0. The SMILES string of the molecule is O=C(Cn1cc2ccccc2c1O)N1CCN(c2ccc(F)cc2-c2cnc(N3CCC(O)CC3)nc2)CC1. The van der Waals surface area contributed by atoms with Crippen LogP contribution in [0, 0.1) is 5.82 Å². The third kappa shape index (κ3) is 5.12. The van der Waals surface area contributed by atoms with Crippen LogP contribution in [0.25, 0.3) is 21.9 Å². The fraction of sp³-hybridized carbons (Fsp3) is 0.345. The van der Waals surface area contributed by atoms with Gasteiger partial charge in [0.25, 0.3) is 0 Å². The molecule has 0 radical (unpaired) electrons. The van der Waals surface area contributed by atoms with Gasteiger partial charge in [0.2, 0.25) is 11.9 Å². The number of aliphatic hydroxyl groups is 1. The molecule has 10 heteroatoms. The molecule has 1 amide bonds. The number of carbonyl (C=O) groups is 1. The third-order valence-electron chi connectivity index (χ3n) is 7.70. The zero-order valence-electron chi connectivity index (χ0n) is 21.6. The molecule has 0 spiro atoms. The van der Waals surface area contributed by atoms with E-state index in [1.807, 2.05) is 24.3 Å². The number of hydrogen-bond acceptors (Lipinski definition) is 7. The molecule has 2 N–H and O–H groups in total. The van der Waals surface area contributed by atoms with Crippen LogP contribution in [0.5, 0.6) is 5.88 Å². The van der Waals surface area contributed by atoms with Crippen molar-refractivity contribution in [1.29, 1.82) is 0 Å². The van der Waals surface area contributed by atoms with Crippen molar-refractivity contribution in [1.82, 2.24) is 19.4 Å². The predicted molar refractivity (Wildman–Crippen MR) is 147 cm³/mol.